The lowest BCUT2D eigenvalue weighted by atomic mass is 9.77. The van der Waals surface area contributed by atoms with Gasteiger partial charge in [0.05, 0.1) is 28.8 Å². The van der Waals surface area contributed by atoms with E-state index in [2.05, 4.69) is 17.5 Å². The van der Waals surface area contributed by atoms with E-state index in [4.69, 9.17) is 9.72 Å². The van der Waals surface area contributed by atoms with Crippen molar-refractivity contribution in [2.45, 2.75) is 37.6 Å². The van der Waals surface area contributed by atoms with Crippen LogP contribution < -0.4 is 10.1 Å². The molecule has 2 aromatic carbocycles. The number of hydrogen-bond donors (Lipinski definition) is 2. The molecule has 0 radical (unpaired) electrons. The summed E-state index contributed by atoms with van der Waals surface area (Å²) in [5.41, 5.74) is 2.23. The van der Waals surface area contributed by atoms with Gasteiger partial charge in [-0.25, -0.2) is 9.37 Å². The van der Waals surface area contributed by atoms with Crippen molar-refractivity contribution in [3.05, 3.63) is 72.1 Å². The number of carboxylic acid groups (broad SMARTS) is 1. The molecule has 0 spiro atoms. The zero-order chi connectivity index (χ0) is 23.7. The van der Waals surface area contributed by atoms with Crippen LogP contribution in [-0.2, 0) is 4.79 Å². The summed E-state index contributed by atoms with van der Waals surface area (Å²) in [6.07, 6.45) is 10.2. The third kappa shape index (κ3) is 4.57. The van der Waals surface area contributed by atoms with Crippen LogP contribution in [0.4, 0.5) is 9.52 Å². The fourth-order valence-electron chi connectivity index (χ4n) is 5.23. The number of aromatic nitrogens is 1. The van der Waals surface area contributed by atoms with Gasteiger partial charge in [0.15, 0.2) is 5.13 Å². The fourth-order valence-corrected chi connectivity index (χ4v) is 6.23. The molecule has 5 nitrogen and oxygen atoms in total. The standard InChI is InChI=1S/C27H27FN2O3S/c1-33-21-8-9-23-24(15-21)34-26(29-23)30-27(16-19-5-3-7-22(19)25(31)32)12-10-17(11-13-27)18-4-2-6-20(28)14-18/h2,4,6,8-12,14-15,19,22H,3,5,7,13,16H2,1H3,(H,29,30)(H,31,32)/t19-,22-,27?/m1/s1. The van der Waals surface area contributed by atoms with Gasteiger partial charge in [0.2, 0.25) is 0 Å². The highest BCUT2D eigenvalue weighted by molar-refractivity contribution is 7.22. The number of benzene rings is 2. The van der Waals surface area contributed by atoms with E-state index < -0.39 is 11.5 Å². The van der Waals surface area contributed by atoms with Gasteiger partial charge in [-0.2, -0.15) is 0 Å². The predicted octanol–water partition coefficient (Wildman–Crippen LogP) is 6.53. The van der Waals surface area contributed by atoms with Crippen molar-refractivity contribution in [3.63, 3.8) is 0 Å². The molecule has 1 fully saturated rings. The molecular weight excluding hydrogens is 451 g/mol. The highest BCUT2D eigenvalue weighted by Gasteiger charge is 2.40. The molecule has 2 aliphatic carbocycles. The summed E-state index contributed by atoms with van der Waals surface area (Å²) in [4.78, 5) is 16.6. The number of fused-ring (bicyclic) bond motifs is 1. The molecule has 3 atom stereocenters. The van der Waals surface area contributed by atoms with Crippen molar-refractivity contribution >= 4 is 38.2 Å². The van der Waals surface area contributed by atoms with Crippen molar-refractivity contribution in [2.24, 2.45) is 11.8 Å². The highest BCUT2D eigenvalue weighted by Crippen LogP contribution is 2.43. The Morgan fingerprint density at radius 1 is 1.29 bits per heavy atom. The average Bonchev–Trinajstić information content (AvgIpc) is 3.45. The molecule has 1 heterocycles. The van der Waals surface area contributed by atoms with Gasteiger partial charge in [-0.3, -0.25) is 4.79 Å². The Morgan fingerprint density at radius 2 is 2.18 bits per heavy atom. The van der Waals surface area contributed by atoms with E-state index in [0.29, 0.717) is 12.8 Å². The molecule has 1 aromatic heterocycles. The maximum Gasteiger partial charge on any atom is 0.306 e. The molecule has 0 saturated heterocycles. The molecule has 0 amide bonds. The maximum atomic E-state index is 13.8. The van der Waals surface area contributed by atoms with Crippen LogP contribution in [0.2, 0.25) is 0 Å². The summed E-state index contributed by atoms with van der Waals surface area (Å²) in [6.45, 7) is 0. The number of rotatable bonds is 7. The quantitative estimate of drug-likeness (QED) is 0.404. The van der Waals surface area contributed by atoms with Crippen LogP contribution in [0.5, 0.6) is 5.75 Å². The Balaban J connectivity index is 1.45. The van der Waals surface area contributed by atoms with Crippen molar-refractivity contribution in [2.75, 3.05) is 12.4 Å². The van der Waals surface area contributed by atoms with Gasteiger partial charge < -0.3 is 15.2 Å². The Labute approximate surface area is 202 Å². The average molecular weight is 479 g/mol. The van der Waals surface area contributed by atoms with Gasteiger partial charge in [-0.05, 0) is 73.1 Å². The van der Waals surface area contributed by atoms with Gasteiger partial charge in [-0.15, -0.1) is 0 Å². The van der Waals surface area contributed by atoms with E-state index in [0.717, 1.165) is 51.5 Å². The summed E-state index contributed by atoms with van der Waals surface area (Å²) in [5.74, 6) is -0.413. The predicted molar refractivity (Wildman–Crippen MR) is 134 cm³/mol. The van der Waals surface area contributed by atoms with Crippen LogP contribution in [0, 0.1) is 17.7 Å². The topological polar surface area (TPSA) is 71.5 Å². The Hall–Kier alpha value is -3.19. The number of aliphatic carboxylic acids is 1. The molecule has 0 aliphatic heterocycles. The largest absolute Gasteiger partial charge is 0.497 e. The van der Waals surface area contributed by atoms with Gasteiger partial charge in [0, 0.05) is 0 Å². The van der Waals surface area contributed by atoms with Crippen molar-refractivity contribution in [3.8, 4) is 5.75 Å². The van der Waals surface area contributed by atoms with Crippen LogP contribution in [0.15, 0.2) is 60.7 Å². The minimum absolute atomic E-state index is 0.0910. The van der Waals surface area contributed by atoms with Gasteiger partial charge in [-0.1, -0.05) is 48.1 Å². The van der Waals surface area contributed by atoms with Gasteiger partial charge in [0.1, 0.15) is 11.6 Å². The van der Waals surface area contributed by atoms with E-state index in [1.807, 2.05) is 30.3 Å². The smallest absolute Gasteiger partial charge is 0.306 e. The third-order valence-electron chi connectivity index (χ3n) is 6.98. The van der Waals surface area contributed by atoms with E-state index in [1.54, 1.807) is 24.5 Å². The third-order valence-corrected chi connectivity index (χ3v) is 7.91. The number of ether oxygens (including phenoxy) is 1. The molecular formula is C27H27FN2O3S. The molecule has 1 saturated carbocycles. The lowest BCUT2D eigenvalue weighted by Crippen LogP contribution is -2.40. The molecule has 5 rings (SSSR count). The number of nitrogens with one attached hydrogen (secondary N) is 1. The molecule has 0 bridgehead atoms. The highest BCUT2D eigenvalue weighted by atomic mass is 32.1. The van der Waals surface area contributed by atoms with Crippen LogP contribution in [0.3, 0.4) is 0 Å². The lowest BCUT2D eigenvalue weighted by molar-refractivity contribution is -0.143. The first-order chi connectivity index (χ1) is 16.4. The van der Waals surface area contributed by atoms with Crippen LogP contribution in [0.1, 0.15) is 37.7 Å². The number of hydrogen-bond acceptors (Lipinski definition) is 5. The number of thiazole rings is 1. The minimum atomic E-state index is -0.708. The Bertz CT molecular complexity index is 1280. The van der Waals surface area contributed by atoms with Crippen molar-refractivity contribution < 1.29 is 19.0 Å². The molecule has 34 heavy (non-hydrogen) atoms. The number of anilines is 1. The SMILES string of the molecule is COc1ccc2nc(NC3(C[C@H]4CCC[C@H]4C(=O)O)C=CC(c4cccc(F)c4)=CC3)sc2c1. The van der Waals surface area contributed by atoms with E-state index in [9.17, 15) is 14.3 Å². The van der Waals surface area contributed by atoms with Crippen LogP contribution in [-0.4, -0.2) is 28.7 Å². The first-order valence-corrected chi connectivity index (χ1v) is 12.4. The van der Waals surface area contributed by atoms with E-state index in [1.165, 1.54) is 12.1 Å². The fraction of sp³-hybridized carbons (Fsp3) is 0.333. The number of carbonyl (C=O) groups is 1. The molecule has 2 aliphatic rings. The Morgan fingerprint density at radius 3 is 2.91 bits per heavy atom. The number of halogens is 1. The lowest BCUT2D eigenvalue weighted by Gasteiger charge is -2.36. The summed E-state index contributed by atoms with van der Waals surface area (Å²) < 4.78 is 20.1. The second-order valence-corrected chi connectivity index (χ2v) is 10.2. The van der Waals surface area contributed by atoms with Gasteiger partial charge in [0.25, 0.3) is 0 Å². The number of carboxylic acids is 1. The van der Waals surface area contributed by atoms with E-state index in [-0.39, 0.29) is 17.7 Å². The second kappa shape index (κ2) is 9.22. The van der Waals surface area contributed by atoms with Crippen LogP contribution in [0.25, 0.3) is 15.8 Å². The zero-order valence-corrected chi connectivity index (χ0v) is 19.8. The summed E-state index contributed by atoms with van der Waals surface area (Å²) in [6, 6.07) is 12.4. The van der Waals surface area contributed by atoms with Crippen molar-refractivity contribution in [1.82, 2.24) is 4.98 Å². The first kappa shape index (κ1) is 22.6. The number of methoxy groups -OCH3 is 1. The minimum Gasteiger partial charge on any atom is -0.497 e. The summed E-state index contributed by atoms with van der Waals surface area (Å²) in [5, 5.41) is 14.2. The van der Waals surface area contributed by atoms with Crippen molar-refractivity contribution in [1.29, 1.82) is 0 Å². The van der Waals surface area contributed by atoms with Crippen LogP contribution >= 0.6 is 11.3 Å². The number of allylic oxidation sites excluding steroid dienone is 2. The number of nitrogens with zero attached hydrogens (tertiary/aromatic N) is 1. The molecule has 3 aromatic rings. The summed E-state index contributed by atoms with van der Waals surface area (Å²) in [7, 11) is 1.65. The second-order valence-electron chi connectivity index (χ2n) is 9.18. The zero-order valence-electron chi connectivity index (χ0n) is 19.0. The summed E-state index contributed by atoms with van der Waals surface area (Å²) >= 11 is 1.56. The molecule has 2 N–H and O–H groups in total. The monoisotopic (exact) mass is 478 g/mol. The molecule has 1 unspecified atom stereocenters. The first-order valence-electron chi connectivity index (χ1n) is 11.6. The normalized spacial score (nSPS) is 24.2. The van der Waals surface area contributed by atoms with E-state index >= 15 is 0 Å². The maximum absolute atomic E-state index is 13.8. The molecule has 7 heteroatoms. The molecule has 176 valence electrons. The Kier molecular flexibility index (Phi) is 6.13. The van der Waals surface area contributed by atoms with Gasteiger partial charge >= 0.3 is 5.97 Å².